The second kappa shape index (κ2) is 14.8. The molecule has 0 saturated carbocycles. The minimum atomic E-state index is -0.357. The maximum atomic E-state index is 5.18. The zero-order chi connectivity index (χ0) is 41.0. The molecule has 5 unspecified atom stereocenters. The quantitative estimate of drug-likeness (QED) is 0.161. The lowest BCUT2D eigenvalue weighted by Gasteiger charge is -2.59. The van der Waals surface area contributed by atoms with Gasteiger partial charge in [-0.3, -0.25) is 9.97 Å². The molecule has 2 bridgehead atoms. The molecule has 5 aliphatic carbocycles. The molecule has 5 aromatic carbocycles. The molecule has 8 aromatic rings. The van der Waals surface area contributed by atoms with E-state index >= 15 is 0 Å². The summed E-state index contributed by atoms with van der Waals surface area (Å²) in [5, 5.41) is 0. The van der Waals surface area contributed by atoms with Crippen molar-refractivity contribution in [2.24, 2.45) is 11.8 Å². The first-order valence-corrected chi connectivity index (χ1v) is 21.5. The summed E-state index contributed by atoms with van der Waals surface area (Å²) < 4.78 is 0. The molecule has 294 valence electrons. The maximum Gasteiger partial charge on any atom is 0.164 e. The molecule has 0 spiro atoms. The Balaban J connectivity index is 0.977. The number of aromatic nitrogens is 5. The fraction of sp³-hybridized carbons (Fsp3) is 0.105. The lowest BCUT2D eigenvalue weighted by atomic mass is 9.43. The van der Waals surface area contributed by atoms with Gasteiger partial charge in [-0.25, -0.2) is 15.0 Å². The molecule has 0 aliphatic heterocycles. The van der Waals surface area contributed by atoms with Crippen LogP contribution in [0.5, 0.6) is 0 Å². The molecule has 0 N–H and O–H groups in total. The SMILES string of the molecule is C1=CC2C3C4=C(CC(c5cccc(-c6cc(-c7ccncc7)cc(-c7nc(-c8ccccc8)nc(-c8ccccc8)n7)c6)c5)C=C4)C(c4ccccn4)(c4ccccc43)C2C=C1. The molecule has 0 amide bonds. The Morgan fingerprint density at radius 3 is 1.87 bits per heavy atom. The summed E-state index contributed by atoms with van der Waals surface area (Å²) in [6.45, 7) is 0. The van der Waals surface area contributed by atoms with E-state index in [2.05, 4.69) is 132 Å². The molecule has 62 heavy (non-hydrogen) atoms. The van der Waals surface area contributed by atoms with Crippen LogP contribution >= 0.6 is 0 Å². The topological polar surface area (TPSA) is 64.5 Å². The van der Waals surface area contributed by atoms with Crippen molar-refractivity contribution in [3.63, 3.8) is 0 Å². The van der Waals surface area contributed by atoms with Gasteiger partial charge in [0.15, 0.2) is 17.5 Å². The highest BCUT2D eigenvalue weighted by atomic mass is 15.0. The van der Waals surface area contributed by atoms with Crippen molar-refractivity contribution < 1.29 is 0 Å². The summed E-state index contributed by atoms with van der Waals surface area (Å²) in [6, 6.07) is 55.9. The van der Waals surface area contributed by atoms with E-state index in [1.54, 1.807) is 0 Å². The van der Waals surface area contributed by atoms with Gasteiger partial charge in [0.05, 0.1) is 11.1 Å². The summed E-state index contributed by atoms with van der Waals surface area (Å²) >= 11 is 0. The molecule has 3 heterocycles. The Morgan fingerprint density at radius 2 is 1.13 bits per heavy atom. The first kappa shape index (κ1) is 36.2. The fourth-order valence-electron chi connectivity index (χ4n) is 10.8. The molecule has 5 nitrogen and oxygen atoms in total. The standard InChI is InChI=1S/C57H41N5/c1-3-14-38(15-4-1)54-60-55(39-16-5-2-6-17-39)62-56(61-54)45-34-43(37-27-30-58-31-28-37)33-44(35-45)41-19-13-18-40(32-41)42-25-26-48-51(36-42)57(52-24-11-12-29-59-52)49-22-9-7-20-46(49)53(48)47-21-8-10-23-50(47)57/h1-35,42,46,49,53H,36H2. The zero-order valence-corrected chi connectivity index (χ0v) is 34.0. The van der Waals surface area contributed by atoms with Crippen LogP contribution in [0.2, 0.25) is 0 Å². The van der Waals surface area contributed by atoms with Crippen molar-refractivity contribution in [2.45, 2.75) is 23.7 Å². The third-order valence-electron chi connectivity index (χ3n) is 13.5. The van der Waals surface area contributed by atoms with Gasteiger partial charge in [-0.05, 0) is 105 Å². The second-order valence-corrected chi connectivity index (χ2v) is 16.8. The second-order valence-electron chi connectivity index (χ2n) is 16.8. The van der Waals surface area contributed by atoms with E-state index in [1.807, 2.05) is 85.3 Å². The predicted molar refractivity (Wildman–Crippen MR) is 248 cm³/mol. The van der Waals surface area contributed by atoms with E-state index in [0.29, 0.717) is 29.3 Å². The van der Waals surface area contributed by atoms with E-state index in [1.165, 1.54) is 27.8 Å². The highest BCUT2D eigenvalue weighted by Crippen LogP contribution is 2.67. The molecule has 3 aromatic heterocycles. The van der Waals surface area contributed by atoms with Gasteiger partial charge < -0.3 is 0 Å². The Morgan fingerprint density at radius 1 is 0.484 bits per heavy atom. The number of rotatable bonds is 7. The van der Waals surface area contributed by atoms with Gasteiger partial charge in [-0.1, -0.05) is 152 Å². The highest BCUT2D eigenvalue weighted by Gasteiger charge is 2.60. The maximum absolute atomic E-state index is 5.18. The fourth-order valence-corrected chi connectivity index (χ4v) is 10.8. The Labute approximate surface area is 361 Å². The van der Waals surface area contributed by atoms with Crippen LogP contribution in [0.3, 0.4) is 0 Å². The number of hydrogen-bond acceptors (Lipinski definition) is 5. The van der Waals surface area contributed by atoms with Crippen LogP contribution < -0.4 is 0 Å². The minimum absolute atomic E-state index is 0.190. The summed E-state index contributed by atoms with van der Waals surface area (Å²) in [6.07, 6.45) is 20.9. The lowest BCUT2D eigenvalue weighted by molar-refractivity contribution is 0.249. The largest absolute Gasteiger partial charge is 0.265 e. The first-order chi connectivity index (χ1) is 30.7. The van der Waals surface area contributed by atoms with Crippen molar-refractivity contribution in [1.29, 1.82) is 0 Å². The first-order valence-electron chi connectivity index (χ1n) is 21.5. The molecule has 13 rings (SSSR count). The predicted octanol–water partition coefficient (Wildman–Crippen LogP) is 12.8. The van der Waals surface area contributed by atoms with Crippen molar-refractivity contribution in [3.8, 4) is 56.4 Å². The summed E-state index contributed by atoms with van der Waals surface area (Å²) in [5.41, 5.74) is 15.1. The number of nitrogens with zero attached hydrogens (tertiary/aromatic N) is 5. The summed E-state index contributed by atoms with van der Waals surface area (Å²) in [5.74, 6) is 3.06. The van der Waals surface area contributed by atoms with Crippen molar-refractivity contribution in [2.75, 3.05) is 0 Å². The van der Waals surface area contributed by atoms with Gasteiger partial charge >= 0.3 is 0 Å². The van der Waals surface area contributed by atoms with Crippen LogP contribution in [0.25, 0.3) is 56.4 Å². The zero-order valence-electron chi connectivity index (χ0n) is 34.0. The smallest absolute Gasteiger partial charge is 0.164 e. The normalized spacial score (nSPS) is 21.6. The molecule has 5 atom stereocenters. The van der Waals surface area contributed by atoms with Crippen LogP contribution in [0.4, 0.5) is 0 Å². The lowest BCUT2D eigenvalue weighted by Crippen LogP contribution is -2.53. The third kappa shape index (κ3) is 5.88. The van der Waals surface area contributed by atoms with Gasteiger partial charge in [-0.2, -0.15) is 0 Å². The van der Waals surface area contributed by atoms with Crippen LogP contribution in [-0.2, 0) is 5.41 Å². The molecule has 0 fully saturated rings. The summed E-state index contributed by atoms with van der Waals surface area (Å²) in [7, 11) is 0. The molecule has 0 radical (unpaired) electrons. The van der Waals surface area contributed by atoms with E-state index in [-0.39, 0.29) is 17.3 Å². The van der Waals surface area contributed by atoms with Crippen LogP contribution in [0.1, 0.15) is 40.6 Å². The third-order valence-corrected chi connectivity index (χ3v) is 13.5. The van der Waals surface area contributed by atoms with E-state index in [0.717, 1.165) is 51.1 Å². The van der Waals surface area contributed by atoms with Gasteiger partial charge in [-0.15, -0.1) is 0 Å². The highest BCUT2D eigenvalue weighted by molar-refractivity contribution is 5.81. The van der Waals surface area contributed by atoms with Crippen molar-refractivity contribution >= 4 is 0 Å². The van der Waals surface area contributed by atoms with Gasteiger partial charge in [0.25, 0.3) is 0 Å². The number of hydrogen-bond donors (Lipinski definition) is 0. The minimum Gasteiger partial charge on any atom is -0.265 e. The van der Waals surface area contributed by atoms with E-state index < -0.39 is 0 Å². The molecule has 5 aliphatic rings. The average molecular weight is 796 g/mol. The Hall–Kier alpha value is -7.63. The van der Waals surface area contributed by atoms with E-state index in [4.69, 9.17) is 19.9 Å². The molecule has 5 heteroatoms. The Kier molecular flexibility index (Phi) is 8.66. The molecular weight excluding hydrogens is 755 g/mol. The Bertz CT molecular complexity index is 3060. The number of benzene rings is 5. The number of allylic oxidation sites excluding steroid dienone is 8. The van der Waals surface area contributed by atoms with Crippen molar-refractivity contribution in [1.82, 2.24) is 24.9 Å². The molecule has 0 saturated heterocycles. The monoisotopic (exact) mass is 795 g/mol. The summed E-state index contributed by atoms with van der Waals surface area (Å²) in [4.78, 5) is 24.7. The van der Waals surface area contributed by atoms with Gasteiger partial charge in [0.2, 0.25) is 0 Å². The van der Waals surface area contributed by atoms with Crippen molar-refractivity contribution in [3.05, 3.63) is 246 Å². The molecular formula is C57H41N5. The average Bonchev–Trinajstić information content (AvgIpc) is 3.37. The van der Waals surface area contributed by atoms with E-state index in [9.17, 15) is 0 Å². The van der Waals surface area contributed by atoms with Gasteiger partial charge in [0.1, 0.15) is 0 Å². The van der Waals surface area contributed by atoms with Gasteiger partial charge in [0, 0.05) is 53.0 Å². The van der Waals surface area contributed by atoms with Crippen LogP contribution in [0.15, 0.2) is 224 Å². The van der Waals surface area contributed by atoms with Crippen LogP contribution in [0, 0.1) is 11.8 Å². The van der Waals surface area contributed by atoms with Crippen LogP contribution in [-0.4, -0.2) is 24.9 Å². The number of pyridine rings is 2.